The molecule has 0 amide bonds. The Bertz CT molecular complexity index is 367. The van der Waals surface area contributed by atoms with E-state index in [0.717, 1.165) is 59.2 Å². The lowest BCUT2D eigenvalue weighted by molar-refractivity contribution is -0.211. The van der Waals surface area contributed by atoms with Crippen LogP contribution in [0.1, 0.15) is 12.8 Å². The minimum absolute atomic E-state index is 0.995. The van der Waals surface area contributed by atoms with Crippen molar-refractivity contribution < 1.29 is 0 Å². The summed E-state index contributed by atoms with van der Waals surface area (Å²) in [5, 5.41) is 0. The molecule has 0 heteroatoms. The molecular formula is C16H18. The van der Waals surface area contributed by atoms with Crippen molar-refractivity contribution in [3.63, 3.8) is 0 Å². The monoisotopic (exact) mass is 210 g/mol. The van der Waals surface area contributed by atoms with Crippen molar-refractivity contribution in [3.8, 4) is 0 Å². The molecule has 82 valence electrons. The minimum Gasteiger partial charge on any atom is -0.0845 e. The van der Waals surface area contributed by atoms with Gasteiger partial charge in [-0.3, -0.25) is 0 Å². The zero-order valence-corrected chi connectivity index (χ0v) is 9.50. The minimum atomic E-state index is 0.995. The van der Waals surface area contributed by atoms with Crippen LogP contribution >= 0.6 is 0 Å². The largest absolute Gasteiger partial charge is 0.0845 e. The maximum absolute atomic E-state index is 2.64. The summed E-state index contributed by atoms with van der Waals surface area (Å²) in [4.78, 5) is 0. The Balaban J connectivity index is 1.72. The van der Waals surface area contributed by atoms with E-state index >= 15 is 0 Å². The van der Waals surface area contributed by atoms with Gasteiger partial charge in [-0.15, -0.1) is 0 Å². The van der Waals surface area contributed by atoms with E-state index in [9.17, 15) is 0 Å². The van der Waals surface area contributed by atoms with Gasteiger partial charge in [-0.1, -0.05) is 24.3 Å². The summed E-state index contributed by atoms with van der Waals surface area (Å²) in [6.07, 6.45) is 13.7. The van der Waals surface area contributed by atoms with Crippen LogP contribution in [0.25, 0.3) is 0 Å². The standard InChI is InChI=1S/C16H18/c1-2-8-12-6-14-10-4-3-9-13(14)5-11(12)7(1)15(9)16(8)10/h1-4,7-16H,5-6H2/t7-,8+,9+,10-,11?,12?,13?,14?,15?,16?. The molecule has 6 unspecified atom stereocenters. The van der Waals surface area contributed by atoms with Gasteiger partial charge in [-0.25, -0.2) is 0 Å². The fourth-order valence-electron chi connectivity index (χ4n) is 7.38. The van der Waals surface area contributed by atoms with Gasteiger partial charge in [-0.05, 0) is 72.0 Å². The molecule has 16 heavy (non-hydrogen) atoms. The number of allylic oxidation sites excluding steroid dienone is 4. The molecule has 10 atom stereocenters. The van der Waals surface area contributed by atoms with E-state index in [1.807, 2.05) is 0 Å². The zero-order valence-electron chi connectivity index (χ0n) is 9.50. The Morgan fingerprint density at radius 1 is 0.500 bits per heavy atom. The molecule has 0 radical (unpaired) electrons. The second-order valence-electron chi connectivity index (χ2n) is 7.36. The molecular weight excluding hydrogens is 192 g/mol. The van der Waals surface area contributed by atoms with E-state index in [1.165, 1.54) is 0 Å². The predicted octanol–water partition coefficient (Wildman–Crippen LogP) is 3.12. The van der Waals surface area contributed by atoms with Gasteiger partial charge < -0.3 is 0 Å². The SMILES string of the molecule is C1=C[C@H]2C3CC4C5CC3[C@@H]1C1C2[C@@H]4C=C[C@@H]51. The average molecular weight is 210 g/mol. The van der Waals surface area contributed by atoms with Crippen molar-refractivity contribution in [1.29, 1.82) is 0 Å². The third-order valence-corrected chi connectivity index (χ3v) is 7.50. The van der Waals surface area contributed by atoms with Crippen LogP contribution < -0.4 is 0 Å². The van der Waals surface area contributed by atoms with Gasteiger partial charge in [0.25, 0.3) is 0 Å². The second kappa shape index (κ2) is 2.09. The smallest absolute Gasteiger partial charge is 0.0165 e. The Hall–Kier alpha value is -0.520. The molecule has 5 saturated carbocycles. The number of hydrogen-bond acceptors (Lipinski definition) is 0. The van der Waals surface area contributed by atoms with Crippen molar-refractivity contribution in [2.75, 3.05) is 0 Å². The Morgan fingerprint density at radius 2 is 0.812 bits per heavy atom. The lowest BCUT2D eigenvalue weighted by atomic mass is 9.31. The summed E-state index contributed by atoms with van der Waals surface area (Å²) >= 11 is 0. The Kier molecular flexibility index (Phi) is 1.01. The van der Waals surface area contributed by atoms with Crippen LogP contribution in [0.2, 0.25) is 0 Å². The van der Waals surface area contributed by atoms with E-state index in [4.69, 9.17) is 0 Å². The summed E-state index contributed by atoms with van der Waals surface area (Å²) in [6.45, 7) is 0. The topological polar surface area (TPSA) is 0 Å². The van der Waals surface area contributed by atoms with Gasteiger partial charge in [0.05, 0.1) is 0 Å². The van der Waals surface area contributed by atoms with Crippen molar-refractivity contribution in [2.45, 2.75) is 12.8 Å². The molecule has 9 aliphatic carbocycles. The molecule has 0 aliphatic heterocycles. The first-order chi connectivity index (χ1) is 7.93. The van der Waals surface area contributed by atoms with Crippen LogP contribution in [0, 0.1) is 59.2 Å². The molecule has 0 aromatic carbocycles. The van der Waals surface area contributed by atoms with E-state index in [2.05, 4.69) is 24.3 Å². The van der Waals surface area contributed by atoms with Crippen molar-refractivity contribution in [2.24, 2.45) is 59.2 Å². The quantitative estimate of drug-likeness (QED) is 0.539. The Morgan fingerprint density at radius 3 is 1.12 bits per heavy atom. The van der Waals surface area contributed by atoms with Gasteiger partial charge in [0.2, 0.25) is 0 Å². The summed E-state index contributed by atoms with van der Waals surface area (Å²) in [6, 6.07) is 0. The predicted molar refractivity (Wildman–Crippen MR) is 62.4 cm³/mol. The van der Waals surface area contributed by atoms with Gasteiger partial charge in [0.15, 0.2) is 0 Å². The van der Waals surface area contributed by atoms with Crippen LogP contribution in [-0.2, 0) is 0 Å². The number of hydrogen-bond donors (Lipinski definition) is 0. The van der Waals surface area contributed by atoms with E-state index in [0.29, 0.717) is 0 Å². The van der Waals surface area contributed by atoms with Gasteiger partial charge >= 0.3 is 0 Å². The highest BCUT2D eigenvalue weighted by Gasteiger charge is 2.69. The zero-order chi connectivity index (χ0) is 10.0. The molecule has 0 heterocycles. The summed E-state index contributed by atoms with van der Waals surface area (Å²) in [7, 11) is 0. The summed E-state index contributed by atoms with van der Waals surface area (Å²) in [5.74, 6) is 10.6. The van der Waals surface area contributed by atoms with E-state index in [-0.39, 0.29) is 0 Å². The average Bonchev–Trinajstić information content (AvgIpc) is 2.39. The van der Waals surface area contributed by atoms with Gasteiger partial charge in [0, 0.05) is 0 Å². The fraction of sp³-hybridized carbons (Fsp3) is 0.750. The maximum atomic E-state index is 2.64. The van der Waals surface area contributed by atoms with Crippen LogP contribution in [0.15, 0.2) is 24.3 Å². The third kappa shape index (κ3) is 0.555. The molecule has 9 rings (SSSR count). The normalized spacial score (nSPS) is 74.5. The number of rotatable bonds is 0. The second-order valence-corrected chi connectivity index (χ2v) is 7.36. The molecule has 10 bridgehead atoms. The molecule has 0 spiro atoms. The van der Waals surface area contributed by atoms with Crippen LogP contribution in [0.5, 0.6) is 0 Å². The molecule has 0 N–H and O–H groups in total. The third-order valence-electron chi connectivity index (χ3n) is 7.50. The van der Waals surface area contributed by atoms with Crippen LogP contribution in [-0.4, -0.2) is 0 Å². The summed E-state index contributed by atoms with van der Waals surface area (Å²) in [5.41, 5.74) is 0. The molecule has 0 saturated heterocycles. The van der Waals surface area contributed by atoms with Crippen molar-refractivity contribution in [1.82, 2.24) is 0 Å². The molecule has 9 aliphatic rings. The van der Waals surface area contributed by atoms with Crippen molar-refractivity contribution >= 4 is 0 Å². The molecule has 0 aromatic heterocycles. The Labute approximate surface area is 96.8 Å². The molecule has 0 aromatic rings. The molecule has 5 fully saturated rings. The molecule has 0 nitrogen and oxygen atoms in total. The summed E-state index contributed by atoms with van der Waals surface area (Å²) < 4.78 is 0. The highest BCUT2D eigenvalue weighted by Crippen LogP contribution is 2.74. The highest BCUT2D eigenvalue weighted by molar-refractivity contribution is 5.31. The lowest BCUT2D eigenvalue weighted by Crippen LogP contribution is -2.68. The fourth-order valence-corrected chi connectivity index (χ4v) is 7.38. The first kappa shape index (κ1) is 7.74. The van der Waals surface area contributed by atoms with E-state index < -0.39 is 0 Å². The van der Waals surface area contributed by atoms with Gasteiger partial charge in [0.1, 0.15) is 0 Å². The van der Waals surface area contributed by atoms with Crippen LogP contribution in [0.3, 0.4) is 0 Å². The van der Waals surface area contributed by atoms with E-state index in [1.54, 1.807) is 12.8 Å². The highest BCUT2D eigenvalue weighted by atomic mass is 14.7. The van der Waals surface area contributed by atoms with Crippen molar-refractivity contribution in [3.05, 3.63) is 24.3 Å². The lowest BCUT2D eigenvalue weighted by Gasteiger charge is -2.74. The first-order valence-corrected chi connectivity index (χ1v) is 7.30. The maximum Gasteiger partial charge on any atom is -0.0165 e. The van der Waals surface area contributed by atoms with Gasteiger partial charge in [-0.2, -0.15) is 0 Å². The first-order valence-electron chi connectivity index (χ1n) is 7.30. The van der Waals surface area contributed by atoms with Crippen LogP contribution in [0.4, 0.5) is 0 Å².